The third-order valence-electron chi connectivity index (χ3n) is 5.27. The molecular formula is C18H34N2O3. The van der Waals surface area contributed by atoms with Crippen molar-refractivity contribution in [2.45, 2.75) is 71.4 Å². The van der Waals surface area contributed by atoms with Gasteiger partial charge < -0.3 is 20.1 Å². The molecule has 2 aliphatic rings. The number of hydrogen-bond donors (Lipinski definition) is 2. The van der Waals surface area contributed by atoms with Crippen molar-refractivity contribution in [1.82, 2.24) is 10.2 Å². The predicted molar refractivity (Wildman–Crippen MR) is 91.4 cm³/mol. The van der Waals surface area contributed by atoms with Crippen LogP contribution in [0.25, 0.3) is 0 Å². The van der Waals surface area contributed by atoms with Crippen LogP contribution in [0, 0.1) is 11.3 Å². The summed E-state index contributed by atoms with van der Waals surface area (Å²) in [6, 6.07) is 0.393. The lowest BCUT2D eigenvalue weighted by atomic mass is 9.85. The topological polar surface area (TPSA) is 61.8 Å². The molecule has 2 fully saturated rings. The van der Waals surface area contributed by atoms with Crippen LogP contribution in [0.15, 0.2) is 0 Å². The molecule has 23 heavy (non-hydrogen) atoms. The van der Waals surface area contributed by atoms with Crippen molar-refractivity contribution in [3.05, 3.63) is 0 Å². The van der Waals surface area contributed by atoms with Crippen molar-refractivity contribution < 1.29 is 14.6 Å². The Balaban J connectivity index is 1.81. The molecule has 1 amide bonds. The average molecular weight is 326 g/mol. The summed E-state index contributed by atoms with van der Waals surface area (Å²) in [5.74, 6) is 0.472. The first-order valence-electron chi connectivity index (χ1n) is 9.06. The van der Waals surface area contributed by atoms with Gasteiger partial charge in [0.05, 0.1) is 0 Å². The summed E-state index contributed by atoms with van der Waals surface area (Å²) < 4.78 is 5.49. The maximum atomic E-state index is 12.2. The summed E-state index contributed by atoms with van der Waals surface area (Å²) in [5, 5.41) is 13.3. The van der Waals surface area contributed by atoms with Crippen molar-refractivity contribution in [3.8, 4) is 0 Å². The fraction of sp³-hybridized carbons (Fsp3) is 0.944. The number of carbonyl (C=O) groups is 1. The van der Waals surface area contributed by atoms with E-state index in [2.05, 4.69) is 12.2 Å². The van der Waals surface area contributed by atoms with Crippen molar-refractivity contribution in [3.63, 3.8) is 0 Å². The lowest BCUT2D eigenvalue weighted by molar-refractivity contribution is 0.0161. The van der Waals surface area contributed by atoms with Crippen LogP contribution in [0.1, 0.15) is 59.8 Å². The maximum absolute atomic E-state index is 12.2. The van der Waals surface area contributed by atoms with Gasteiger partial charge in [-0.1, -0.05) is 13.3 Å². The number of aliphatic hydroxyl groups excluding tert-OH is 1. The highest BCUT2D eigenvalue weighted by atomic mass is 16.6. The van der Waals surface area contributed by atoms with Crippen LogP contribution in [0.3, 0.4) is 0 Å². The Morgan fingerprint density at radius 3 is 2.74 bits per heavy atom. The van der Waals surface area contributed by atoms with Crippen LogP contribution < -0.4 is 5.32 Å². The van der Waals surface area contributed by atoms with Crippen LogP contribution in [0.5, 0.6) is 0 Å². The third-order valence-corrected chi connectivity index (χ3v) is 5.27. The Hall–Kier alpha value is -0.810. The second-order valence-corrected chi connectivity index (χ2v) is 8.60. The fourth-order valence-corrected chi connectivity index (χ4v) is 3.80. The summed E-state index contributed by atoms with van der Waals surface area (Å²) >= 11 is 0. The van der Waals surface area contributed by atoms with Crippen molar-refractivity contribution in [1.29, 1.82) is 0 Å². The molecule has 0 spiro atoms. The van der Waals surface area contributed by atoms with Gasteiger partial charge in [-0.3, -0.25) is 0 Å². The van der Waals surface area contributed by atoms with E-state index in [1.165, 1.54) is 6.42 Å². The van der Waals surface area contributed by atoms with E-state index in [0.29, 0.717) is 12.0 Å². The molecule has 2 N–H and O–H groups in total. The molecule has 1 saturated carbocycles. The number of hydrogen-bond acceptors (Lipinski definition) is 4. The van der Waals surface area contributed by atoms with Crippen LogP contribution in [0.4, 0.5) is 4.79 Å². The van der Waals surface area contributed by atoms with Gasteiger partial charge in [0.15, 0.2) is 0 Å². The molecule has 1 heterocycles. The van der Waals surface area contributed by atoms with Gasteiger partial charge in [0.2, 0.25) is 0 Å². The molecule has 3 atom stereocenters. The number of aliphatic hydroxyl groups is 1. The fourth-order valence-electron chi connectivity index (χ4n) is 3.80. The monoisotopic (exact) mass is 326 g/mol. The molecule has 0 bridgehead atoms. The van der Waals surface area contributed by atoms with Crippen LogP contribution in [0.2, 0.25) is 0 Å². The molecule has 3 unspecified atom stereocenters. The first-order valence-corrected chi connectivity index (χ1v) is 9.06. The number of nitrogens with zero attached hydrogens (tertiary/aromatic N) is 1. The molecule has 0 aromatic heterocycles. The first kappa shape index (κ1) is 18.5. The Morgan fingerprint density at radius 1 is 1.35 bits per heavy atom. The number of likely N-dealkylation sites (tertiary alicyclic amines) is 1. The van der Waals surface area contributed by atoms with Crippen molar-refractivity contribution >= 4 is 6.09 Å². The molecular weight excluding hydrogens is 292 g/mol. The van der Waals surface area contributed by atoms with Gasteiger partial charge in [0, 0.05) is 31.2 Å². The van der Waals surface area contributed by atoms with Gasteiger partial charge in [-0.25, -0.2) is 4.79 Å². The summed E-state index contributed by atoms with van der Waals surface area (Å²) in [5.41, 5.74) is -0.422. The number of amides is 1. The second-order valence-electron chi connectivity index (χ2n) is 8.60. The summed E-state index contributed by atoms with van der Waals surface area (Å²) in [4.78, 5) is 14.1. The van der Waals surface area contributed by atoms with Gasteiger partial charge in [-0.2, -0.15) is 0 Å². The minimum atomic E-state index is -0.435. The molecule has 5 heteroatoms. The van der Waals surface area contributed by atoms with Crippen molar-refractivity contribution in [2.24, 2.45) is 11.3 Å². The Morgan fingerprint density at radius 2 is 2.09 bits per heavy atom. The molecule has 0 aromatic carbocycles. The minimum Gasteiger partial charge on any atom is -0.444 e. The van der Waals surface area contributed by atoms with E-state index in [0.717, 1.165) is 45.3 Å². The summed E-state index contributed by atoms with van der Waals surface area (Å²) in [7, 11) is 0. The Kier molecular flexibility index (Phi) is 5.95. The van der Waals surface area contributed by atoms with Gasteiger partial charge in [0.25, 0.3) is 0 Å². The van der Waals surface area contributed by atoms with Crippen molar-refractivity contribution in [2.75, 3.05) is 26.2 Å². The molecule has 2 rings (SSSR count). The zero-order valence-corrected chi connectivity index (χ0v) is 15.2. The molecule has 1 aliphatic heterocycles. The second kappa shape index (κ2) is 7.39. The SMILES string of the molecule is CC(C)(C)OC(=O)N1CCCC(CNC2CCCC2(C)CO)C1. The number of piperidine rings is 1. The van der Waals surface area contributed by atoms with Gasteiger partial charge >= 0.3 is 6.09 Å². The first-order chi connectivity index (χ1) is 10.7. The van der Waals surface area contributed by atoms with Gasteiger partial charge in [-0.05, 0) is 58.9 Å². The largest absolute Gasteiger partial charge is 0.444 e. The molecule has 1 saturated heterocycles. The quantitative estimate of drug-likeness (QED) is 0.834. The molecule has 5 nitrogen and oxygen atoms in total. The van der Waals surface area contributed by atoms with Gasteiger partial charge in [0.1, 0.15) is 5.60 Å². The number of rotatable bonds is 4. The van der Waals surface area contributed by atoms with E-state index in [4.69, 9.17) is 4.74 Å². The smallest absolute Gasteiger partial charge is 0.410 e. The van der Waals surface area contributed by atoms with Crippen LogP contribution >= 0.6 is 0 Å². The third kappa shape index (κ3) is 5.08. The number of carbonyl (C=O) groups excluding carboxylic acids is 1. The number of ether oxygens (including phenoxy) is 1. The average Bonchev–Trinajstić information content (AvgIpc) is 2.85. The zero-order valence-electron chi connectivity index (χ0n) is 15.2. The highest BCUT2D eigenvalue weighted by Gasteiger charge is 2.38. The highest BCUT2D eigenvalue weighted by Crippen LogP contribution is 2.37. The van der Waals surface area contributed by atoms with E-state index >= 15 is 0 Å². The summed E-state index contributed by atoms with van der Waals surface area (Å²) in [6.07, 6.45) is 5.41. The lowest BCUT2D eigenvalue weighted by Crippen LogP contribution is -2.48. The summed E-state index contributed by atoms with van der Waals surface area (Å²) in [6.45, 7) is 10.6. The van der Waals surface area contributed by atoms with Crippen LogP contribution in [-0.2, 0) is 4.74 Å². The van der Waals surface area contributed by atoms with E-state index < -0.39 is 5.60 Å². The molecule has 1 aliphatic carbocycles. The lowest BCUT2D eigenvalue weighted by Gasteiger charge is -2.36. The van der Waals surface area contributed by atoms with Crippen LogP contribution in [-0.4, -0.2) is 54.0 Å². The maximum Gasteiger partial charge on any atom is 0.410 e. The van der Waals surface area contributed by atoms with E-state index in [1.54, 1.807) is 0 Å². The normalized spacial score (nSPS) is 32.1. The predicted octanol–water partition coefficient (Wildman–Crippen LogP) is 2.77. The minimum absolute atomic E-state index is 0.0134. The highest BCUT2D eigenvalue weighted by molar-refractivity contribution is 5.68. The molecule has 134 valence electrons. The van der Waals surface area contributed by atoms with E-state index in [9.17, 15) is 9.90 Å². The van der Waals surface area contributed by atoms with E-state index in [-0.39, 0.29) is 18.1 Å². The Labute approximate surface area is 140 Å². The molecule has 0 radical (unpaired) electrons. The molecule has 0 aromatic rings. The Bertz CT molecular complexity index is 408. The zero-order chi connectivity index (χ0) is 17.1. The number of nitrogens with one attached hydrogen (secondary N) is 1. The van der Waals surface area contributed by atoms with Gasteiger partial charge in [-0.15, -0.1) is 0 Å². The van der Waals surface area contributed by atoms with E-state index in [1.807, 2.05) is 25.7 Å². The standard InChI is InChI=1S/C18H34N2O3/c1-17(2,3)23-16(22)20-10-6-7-14(12-20)11-19-15-8-5-9-18(15,4)13-21/h14-15,19,21H,5-13H2,1-4H3.